The van der Waals surface area contributed by atoms with Crippen LogP contribution in [0.2, 0.25) is 0 Å². The monoisotopic (exact) mass is 270 g/mol. The summed E-state index contributed by atoms with van der Waals surface area (Å²) >= 11 is 0. The summed E-state index contributed by atoms with van der Waals surface area (Å²) in [6.45, 7) is 0. The predicted octanol–water partition coefficient (Wildman–Crippen LogP) is 3.27. The largest absolute Gasteiger partial charge is 0.493 e. The molecule has 0 amide bonds. The van der Waals surface area contributed by atoms with Crippen LogP contribution >= 0.6 is 0 Å². The van der Waals surface area contributed by atoms with Gasteiger partial charge in [-0.05, 0) is 18.2 Å². The highest BCUT2D eigenvalue weighted by Crippen LogP contribution is 2.38. The molecular formula is C14H10N2O4. The molecule has 0 saturated carbocycles. The summed E-state index contributed by atoms with van der Waals surface area (Å²) in [7, 11) is 1.43. The maximum absolute atomic E-state index is 11.0. The number of hydrogen-bond acceptors (Lipinski definition) is 5. The van der Waals surface area contributed by atoms with E-state index in [1.54, 1.807) is 30.3 Å². The van der Waals surface area contributed by atoms with Gasteiger partial charge in [-0.15, -0.1) is 0 Å². The third-order valence-corrected chi connectivity index (χ3v) is 2.59. The van der Waals surface area contributed by atoms with E-state index in [0.29, 0.717) is 5.75 Å². The van der Waals surface area contributed by atoms with E-state index >= 15 is 0 Å². The molecule has 0 unspecified atom stereocenters. The van der Waals surface area contributed by atoms with E-state index in [2.05, 4.69) is 0 Å². The third kappa shape index (κ3) is 2.52. The fourth-order valence-electron chi connectivity index (χ4n) is 1.67. The van der Waals surface area contributed by atoms with Crippen molar-refractivity contribution >= 4 is 5.69 Å². The molecule has 2 aromatic carbocycles. The Kier molecular flexibility index (Phi) is 3.82. The van der Waals surface area contributed by atoms with Crippen LogP contribution in [-0.2, 0) is 0 Å². The zero-order valence-electron chi connectivity index (χ0n) is 10.6. The van der Waals surface area contributed by atoms with Crippen LogP contribution in [0.4, 0.5) is 5.69 Å². The van der Waals surface area contributed by atoms with Crippen molar-refractivity contribution in [2.24, 2.45) is 0 Å². The quantitative estimate of drug-likeness (QED) is 0.628. The van der Waals surface area contributed by atoms with Crippen LogP contribution in [0.15, 0.2) is 42.5 Å². The number of para-hydroxylation sites is 3. The third-order valence-electron chi connectivity index (χ3n) is 2.59. The summed E-state index contributed by atoms with van der Waals surface area (Å²) in [4.78, 5) is 10.4. The number of ether oxygens (including phenoxy) is 2. The van der Waals surface area contributed by atoms with Gasteiger partial charge >= 0.3 is 5.69 Å². The van der Waals surface area contributed by atoms with Crippen LogP contribution in [0.1, 0.15) is 5.56 Å². The van der Waals surface area contributed by atoms with E-state index in [0.717, 1.165) is 0 Å². The summed E-state index contributed by atoms with van der Waals surface area (Å²) < 4.78 is 10.6. The van der Waals surface area contributed by atoms with Gasteiger partial charge in [0.1, 0.15) is 6.07 Å². The number of nitro groups is 1. The molecule has 6 nitrogen and oxygen atoms in total. The minimum Gasteiger partial charge on any atom is -0.493 e. The Bertz CT molecular complexity index is 692. The molecule has 2 rings (SSSR count). The van der Waals surface area contributed by atoms with Crippen molar-refractivity contribution in [2.75, 3.05) is 7.11 Å². The Morgan fingerprint density at radius 1 is 1.15 bits per heavy atom. The second-order valence-electron chi connectivity index (χ2n) is 3.78. The number of benzene rings is 2. The summed E-state index contributed by atoms with van der Waals surface area (Å²) in [5.74, 6) is 0.549. The molecule has 0 fully saturated rings. The van der Waals surface area contributed by atoms with Crippen LogP contribution in [0.5, 0.6) is 17.2 Å². The molecule has 100 valence electrons. The highest BCUT2D eigenvalue weighted by molar-refractivity contribution is 5.56. The number of nitrogens with zero attached hydrogens (tertiary/aromatic N) is 2. The minimum atomic E-state index is -0.545. The summed E-state index contributed by atoms with van der Waals surface area (Å²) in [5.41, 5.74) is 0.0600. The van der Waals surface area contributed by atoms with Crippen molar-refractivity contribution in [1.82, 2.24) is 0 Å². The second kappa shape index (κ2) is 5.71. The zero-order valence-corrected chi connectivity index (χ0v) is 10.6. The molecule has 0 heterocycles. The molecule has 0 bridgehead atoms. The fraction of sp³-hybridized carbons (Fsp3) is 0.0714. The normalized spacial score (nSPS) is 9.60. The minimum absolute atomic E-state index is 0.0542. The molecule has 6 heteroatoms. The molecule has 0 radical (unpaired) electrons. The molecule has 2 aromatic rings. The van der Waals surface area contributed by atoms with Crippen LogP contribution in [0.25, 0.3) is 0 Å². The van der Waals surface area contributed by atoms with Gasteiger partial charge < -0.3 is 9.47 Å². The van der Waals surface area contributed by atoms with Gasteiger partial charge in [0.25, 0.3) is 0 Å². The number of nitro benzene ring substituents is 1. The van der Waals surface area contributed by atoms with E-state index in [1.807, 2.05) is 6.07 Å². The number of rotatable bonds is 4. The van der Waals surface area contributed by atoms with E-state index in [-0.39, 0.29) is 22.7 Å². The van der Waals surface area contributed by atoms with Crippen LogP contribution in [0.3, 0.4) is 0 Å². The van der Waals surface area contributed by atoms with Gasteiger partial charge in [-0.2, -0.15) is 5.26 Å². The molecule has 0 N–H and O–H groups in total. The average Bonchev–Trinajstić information content (AvgIpc) is 2.47. The van der Waals surface area contributed by atoms with Crippen molar-refractivity contribution in [1.29, 1.82) is 5.26 Å². The summed E-state index contributed by atoms with van der Waals surface area (Å²) in [6, 6.07) is 12.7. The lowest BCUT2D eigenvalue weighted by atomic mass is 10.2. The summed E-state index contributed by atoms with van der Waals surface area (Å²) in [6.07, 6.45) is 0. The van der Waals surface area contributed by atoms with Crippen molar-refractivity contribution in [3.05, 3.63) is 58.1 Å². The molecule has 0 atom stereocenters. The topological polar surface area (TPSA) is 85.4 Å². The van der Waals surface area contributed by atoms with Gasteiger partial charge in [0.15, 0.2) is 11.5 Å². The number of methoxy groups -OCH3 is 1. The first-order valence-corrected chi connectivity index (χ1v) is 5.65. The highest BCUT2D eigenvalue weighted by Gasteiger charge is 2.18. The second-order valence-corrected chi connectivity index (χ2v) is 3.78. The van der Waals surface area contributed by atoms with Gasteiger partial charge in [-0.1, -0.05) is 18.2 Å². The maximum atomic E-state index is 11.0. The van der Waals surface area contributed by atoms with Crippen molar-refractivity contribution in [3.8, 4) is 23.3 Å². The Balaban J connectivity index is 2.51. The van der Waals surface area contributed by atoms with Crippen LogP contribution < -0.4 is 9.47 Å². The van der Waals surface area contributed by atoms with E-state index in [4.69, 9.17) is 14.7 Å². The Hall–Kier alpha value is -3.07. The standard InChI is InChI=1S/C14H10N2O4/c1-19-13-8-4-5-10(9-15)14(13)20-12-7-3-2-6-11(12)16(17)18/h2-8H,1H3. The number of nitriles is 1. The molecular weight excluding hydrogens is 260 g/mol. The first-order chi connectivity index (χ1) is 9.67. The molecule has 0 saturated heterocycles. The van der Waals surface area contributed by atoms with Gasteiger partial charge in [0.2, 0.25) is 5.75 Å². The fourth-order valence-corrected chi connectivity index (χ4v) is 1.67. The highest BCUT2D eigenvalue weighted by atomic mass is 16.6. The Morgan fingerprint density at radius 3 is 2.50 bits per heavy atom. The Labute approximate surface area is 114 Å². The van der Waals surface area contributed by atoms with Crippen LogP contribution in [0, 0.1) is 21.4 Å². The SMILES string of the molecule is COc1cccc(C#N)c1Oc1ccccc1[N+](=O)[O-]. The van der Waals surface area contributed by atoms with Gasteiger partial charge in [0.05, 0.1) is 17.6 Å². The first kappa shape index (κ1) is 13.4. The molecule has 0 aliphatic rings. The lowest BCUT2D eigenvalue weighted by molar-refractivity contribution is -0.385. The molecule has 0 aromatic heterocycles. The molecule has 0 aliphatic heterocycles. The lowest BCUT2D eigenvalue weighted by Crippen LogP contribution is -1.96. The van der Waals surface area contributed by atoms with Crippen molar-refractivity contribution in [3.63, 3.8) is 0 Å². The van der Waals surface area contributed by atoms with E-state index in [1.165, 1.54) is 19.2 Å². The number of hydrogen-bond donors (Lipinski definition) is 0. The average molecular weight is 270 g/mol. The van der Waals surface area contributed by atoms with Crippen molar-refractivity contribution in [2.45, 2.75) is 0 Å². The first-order valence-electron chi connectivity index (χ1n) is 5.65. The smallest absolute Gasteiger partial charge is 0.311 e. The predicted molar refractivity (Wildman–Crippen MR) is 70.9 cm³/mol. The lowest BCUT2D eigenvalue weighted by Gasteiger charge is -2.11. The van der Waals surface area contributed by atoms with E-state index in [9.17, 15) is 10.1 Å². The Morgan fingerprint density at radius 2 is 1.85 bits per heavy atom. The van der Waals surface area contributed by atoms with Crippen molar-refractivity contribution < 1.29 is 14.4 Å². The van der Waals surface area contributed by atoms with Gasteiger partial charge in [0, 0.05) is 6.07 Å². The van der Waals surface area contributed by atoms with Gasteiger partial charge in [-0.3, -0.25) is 10.1 Å². The molecule has 20 heavy (non-hydrogen) atoms. The van der Waals surface area contributed by atoms with Gasteiger partial charge in [-0.25, -0.2) is 0 Å². The molecule has 0 aliphatic carbocycles. The zero-order chi connectivity index (χ0) is 14.5. The maximum Gasteiger partial charge on any atom is 0.311 e. The molecule has 0 spiro atoms. The van der Waals surface area contributed by atoms with E-state index < -0.39 is 4.92 Å². The summed E-state index contributed by atoms with van der Waals surface area (Å²) in [5, 5.41) is 20.0. The van der Waals surface area contributed by atoms with Crippen LogP contribution in [-0.4, -0.2) is 12.0 Å².